The lowest BCUT2D eigenvalue weighted by Crippen LogP contribution is -2.61. The molecule has 1 aromatic rings. The molecule has 0 atom stereocenters. The summed E-state index contributed by atoms with van der Waals surface area (Å²) in [7, 11) is 0. The number of piperidine rings is 1. The maximum Gasteiger partial charge on any atom is 0.255 e. The van der Waals surface area contributed by atoms with Crippen LogP contribution in [0.2, 0.25) is 0 Å². The van der Waals surface area contributed by atoms with E-state index in [1.165, 1.54) is 0 Å². The van der Waals surface area contributed by atoms with Crippen LogP contribution >= 0.6 is 0 Å². The van der Waals surface area contributed by atoms with Crippen molar-refractivity contribution in [1.29, 1.82) is 5.41 Å². The van der Waals surface area contributed by atoms with E-state index >= 15 is 0 Å². The van der Waals surface area contributed by atoms with Gasteiger partial charge in [0, 0.05) is 24.2 Å². The molecular weight excluding hydrogens is 394 g/mol. The van der Waals surface area contributed by atoms with Crippen LogP contribution in [0.25, 0.3) is 0 Å². The molecular formula is C23H29N5O3. The fourth-order valence-corrected chi connectivity index (χ4v) is 4.62. The van der Waals surface area contributed by atoms with Gasteiger partial charge >= 0.3 is 0 Å². The molecule has 2 heterocycles. The molecule has 1 aromatic carbocycles. The summed E-state index contributed by atoms with van der Waals surface area (Å²) in [5.41, 5.74) is 1.27. The van der Waals surface area contributed by atoms with Gasteiger partial charge in [0.1, 0.15) is 5.54 Å². The highest BCUT2D eigenvalue weighted by Gasteiger charge is 2.48. The van der Waals surface area contributed by atoms with Gasteiger partial charge in [-0.15, -0.1) is 0 Å². The van der Waals surface area contributed by atoms with Gasteiger partial charge in [-0.25, -0.2) is 0 Å². The number of anilines is 1. The molecule has 2 aliphatic heterocycles. The highest BCUT2D eigenvalue weighted by atomic mass is 16.2. The number of benzene rings is 1. The van der Waals surface area contributed by atoms with Crippen molar-refractivity contribution in [3.8, 4) is 0 Å². The van der Waals surface area contributed by atoms with Crippen LogP contribution in [0.1, 0.15) is 55.3 Å². The van der Waals surface area contributed by atoms with Crippen LogP contribution in [0, 0.1) is 5.41 Å². The van der Waals surface area contributed by atoms with E-state index in [2.05, 4.69) is 16.0 Å². The zero-order valence-corrected chi connectivity index (χ0v) is 17.6. The van der Waals surface area contributed by atoms with Gasteiger partial charge in [-0.2, -0.15) is 0 Å². The van der Waals surface area contributed by atoms with E-state index in [4.69, 9.17) is 5.41 Å². The molecule has 8 nitrogen and oxygen atoms in total. The van der Waals surface area contributed by atoms with Gasteiger partial charge < -0.3 is 26.3 Å². The summed E-state index contributed by atoms with van der Waals surface area (Å²) in [5.74, 6) is -0.387. The largest absolute Gasteiger partial charge is 0.328 e. The van der Waals surface area contributed by atoms with Gasteiger partial charge in [-0.05, 0) is 75.9 Å². The number of hydrogen-bond acceptors (Lipinski definition) is 5. The smallest absolute Gasteiger partial charge is 0.255 e. The van der Waals surface area contributed by atoms with Crippen molar-refractivity contribution in [2.75, 3.05) is 25.0 Å². The van der Waals surface area contributed by atoms with Gasteiger partial charge in [-0.1, -0.05) is 6.08 Å². The van der Waals surface area contributed by atoms with Gasteiger partial charge in [0.2, 0.25) is 11.8 Å². The Labute approximate surface area is 182 Å². The third-order valence-corrected chi connectivity index (χ3v) is 6.40. The standard InChI is InChI=1S/C23H29N5O3/c24-18-4-1-2-5-19(18)27-21(30)16-7-9-17(10-8-16)26-22(31)23(11-13-25-14-12-23)28-15-3-6-20(28)29/h5,7-10,24-25H,1-4,6,11-15H2,(H,26,31)(H,27,30). The Hall–Kier alpha value is -3.00. The molecule has 31 heavy (non-hydrogen) atoms. The Morgan fingerprint density at radius 1 is 1.03 bits per heavy atom. The van der Waals surface area contributed by atoms with Gasteiger partial charge in [-0.3, -0.25) is 14.4 Å². The molecule has 0 saturated carbocycles. The molecule has 1 aliphatic carbocycles. The minimum Gasteiger partial charge on any atom is -0.328 e. The molecule has 0 spiro atoms. The SMILES string of the molecule is N=C1CCCC=C1NC(=O)c1ccc(NC(=O)C2(N3CCCC3=O)CCNCC2)cc1. The lowest BCUT2D eigenvalue weighted by atomic mass is 9.85. The molecule has 0 radical (unpaired) electrons. The van der Waals surface area contributed by atoms with Gasteiger partial charge in [0.15, 0.2) is 0 Å². The van der Waals surface area contributed by atoms with E-state index in [0.717, 1.165) is 19.3 Å². The molecule has 0 unspecified atom stereocenters. The van der Waals surface area contributed by atoms with Crippen molar-refractivity contribution in [2.45, 2.75) is 50.5 Å². The van der Waals surface area contributed by atoms with Crippen LogP contribution in [-0.4, -0.2) is 53.5 Å². The summed E-state index contributed by atoms with van der Waals surface area (Å²) in [6.45, 7) is 2.01. The Balaban J connectivity index is 1.44. The summed E-state index contributed by atoms with van der Waals surface area (Å²) in [4.78, 5) is 40.0. The first kappa shape index (κ1) is 21.2. The fraction of sp³-hybridized carbons (Fsp3) is 0.478. The monoisotopic (exact) mass is 423 g/mol. The topological polar surface area (TPSA) is 114 Å². The normalized spacial score (nSPS) is 20.9. The average molecular weight is 424 g/mol. The molecule has 164 valence electrons. The minimum absolute atomic E-state index is 0.0478. The number of carbonyl (C=O) groups is 3. The van der Waals surface area contributed by atoms with Crippen molar-refractivity contribution in [1.82, 2.24) is 15.5 Å². The predicted molar refractivity (Wildman–Crippen MR) is 118 cm³/mol. The van der Waals surface area contributed by atoms with Crippen LogP contribution in [0.15, 0.2) is 36.0 Å². The highest BCUT2D eigenvalue weighted by molar-refractivity contribution is 6.05. The fourth-order valence-electron chi connectivity index (χ4n) is 4.62. The first-order chi connectivity index (χ1) is 15.0. The molecule has 2 saturated heterocycles. The summed E-state index contributed by atoms with van der Waals surface area (Å²) in [6.07, 6.45) is 6.83. The van der Waals surface area contributed by atoms with E-state index in [1.54, 1.807) is 29.2 Å². The lowest BCUT2D eigenvalue weighted by Gasteiger charge is -2.43. The second-order valence-corrected chi connectivity index (χ2v) is 8.40. The molecule has 4 rings (SSSR count). The third kappa shape index (κ3) is 4.39. The highest BCUT2D eigenvalue weighted by Crippen LogP contribution is 2.32. The number of allylic oxidation sites excluding steroid dienone is 2. The number of rotatable bonds is 5. The quantitative estimate of drug-likeness (QED) is 0.581. The molecule has 3 aliphatic rings. The Kier molecular flexibility index (Phi) is 6.18. The van der Waals surface area contributed by atoms with Crippen LogP contribution in [-0.2, 0) is 9.59 Å². The summed E-state index contributed by atoms with van der Waals surface area (Å²) >= 11 is 0. The summed E-state index contributed by atoms with van der Waals surface area (Å²) in [6, 6.07) is 6.73. The molecule has 4 N–H and O–H groups in total. The van der Waals surface area contributed by atoms with Crippen molar-refractivity contribution >= 4 is 29.1 Å². The first-order valence-corrected chi connectivity index (χ1v) is 11.0. The maximum atomic E-state index is 13.3. The second-order valence-electron chi connectivity index (χ2n) is 8.40. The summed E-state index contributed by atoms with van der Waals surface area (Å²) in [5, 5.41) is 17.0. The molecule has 8 heteroatoms. The minimum atomic E-state index is -0.817. The van der Waals surface area contributed by atoms with Crippen molar-refractivity contribution in [3.63, 3.8) is 0 Å². The van der Waals surface area contributed by atoms with Crippen molar-refractivity contribution in [3.05, 3.63) is 41.6 Å². The van der Waals surface area contributed by atoms with E-state index < -0.39 is 5.54 Å². The predicted octanol–water partition coefficient (Wildman–Crippen LogP) is 2.19. The number of amides is 3. The number of nitrogens with zero attached hydrogens (tertiary/aromatic N) is 1. The third-order valence-electron chi connectivity index (χ3n) is 6.40. The second kappa shape index (κ2) is 9.01. The molecule has 0 aromatic heterocycles. The average Bonchev–Trinajstić information content (AvgIpc) is 3.22. The molecule has 2 fully saturated rings. The molecule has 0 bridgehead atoms. The van der Waals surface area contributed by atoms with E-state index in [-0.39, 0.29) is 17.7 Å². The number of nitrogens with one attached hydrogen (secondary N) is 4. The first-order valence-electron chi connectivity index (χ1n) is 11.0. The number of likely N-dealkylation sites (tertiary alicyclic amines) is 1. The number of carbonyl (C=O) groups excluding carboxylic acids is 3. The Bertz CT molecular complexity index is 916. The zero-order valence-electron chi connectivity index (χ0n) is 17.6. The van der Waals surface area contributed by atoms with Crippen LogP contribution in [0.3, 0.4) is 0 Å². The van der Waals surface area contributed by atoms with E-state index in [1.807, 2.05) is 6.08 Å². The Morgan fingerprint density at radius 3 is 2.42 bits per heavy atom. The van der Waals surface area contributed by atoms with Gasteiger partial charge in [0.25, 0.3) is 5.91 Å². The molecule has 3 amide bonds. The summed E-state index contributed by atoms with van der Waals surface area (Å²) < 4.78 is 0. The van der Waals surface area contributed by atoms with Crippen LogP contribution in [0.5, 0.6) is 0 Å². The number of hydrogen-bond donors (Lipinski definition) is 4. The Morgan fingerprint density at radius 2 is 1.77 bits per heavy atom. The van der Waals surface area contributed by atoms with E-state index in [0.29, 0.717) is 68.0 Å². The lowest BCUT2D eigenvalue weighted by molar-refractivity contribution is -0.143. The van der Waals surface area contributed by atoms with Crippen molar-refractivity contribution in [2.24, 2.45) is 0 Å². The van der Waals surface area contributed by atoms with Crippen LogP contribution < -0.4 is 16.0 Å². The maximum absolute atomic E-state index is 13.3. The zero-order chi connectivity index (χ0) is 21.8. The van der Waals surface area contributed by atoms with Gasteiger partial charge in [0.05, 0.1) is 11.4 Å². The van der Waals surface area contributed by atoms with Crippen molar-refractivity contribution < 1.29 is 14.4 Å². The van der Waals surface area contributed by atoms with Crippen LogP contribution in [0.4, 0.5) is 5.69 Å². The van der Waals surface area contributed by atoms with E-state index in [9.17, 15) is 14.4 Å².